The van der Waals surface area contributed by atoms with Crippen molar-refractivity contribution in [3.63, 3.8) is 0 Å². The van der Waals surface area contributed by atoms with Crippen LogP contribution in [0.3, 0.4) is 0 Å². The van der Waals surface area contributed by atoms with Crippen LogP contribution in [0.4, 0.5) is 0 Å². The molecular formula is C13H25NO. The molecule has 0 amide bonds. The number of hydrogen-bond acceptors (Lipinski definition) is 2. The Bertz CT molecular complexity index is 187. The van der Waals surface area contributed by atoms with Crippen molar-refractivity contribution >= 4 is 0 Å². The lowest BCUT2D eigenvalue weighted by Crippen LogP contribution is -2.37. The van der Waals surface area contributed by atoms with E-state index in [1.165, 1.54) is 45.1 Å². The van der Waals surface area contributed by atoms with Gasteiger partial charge in [-0.3, -0.25) is 0 Å². The van der Waals surface area contributed by atoms with Crippen molar-refractivity contribution in [1.29, 1.82) is 0 Å². The molecule has 1 heterocycles. The third kappa shape index (κ3) is 3.46. The van der Waals surface area contributed by atoms with Crippen LogP contribution in [0.1, 0.15) is 58.3 Å². The zero-order chi connectivity index (χ0) is 10.7. The molecule has 1 saturated carbocycles. The molecule has 2 rings (SSSR count). The van der Waals surface area contributed by atoms with E-state index in [-0.39, 0.29) is 5.60 Å². The summed E-state index contributed by atoms with van der Waals surface area (Å²) in [6.45, 7) is 3.21. The van der Waals surface area contributed by atoms with Crippen molar-refractivity contribution in [2.45, 2.75) is 69.9 Å². The Morgan fingerprint density at radius 1 is 1.20 bits per heavy atom. The normalized spacial score (nSPS) is 42.8. The van der Waals surface area contributed by atoms with E-state index in [4.69, 9.17) is 0 Å². The lowest BCUT2D eigenvalue weighted by molar-refractivity contribution is 0.00522. The van der Waals surface area contributed by atoms with Gasteiger partial charge in [-0.05, 0) is 64.3 Å². The molecule has 2 aliphatic rings. The predicted octanol–water partition coefficient (Wildman–Crippen LogP) is 2.46. The van der Waals surface area contributed by atoms with Gasteiger partial charge >= 0.3 is 0 Å². The van der Waals surface area contributed by atoms with Crippen LogP contribution < -0.4 is 5.32 Å². The molecular weight excluding hydrogens is 186 g/mol. The van der Waals surface area contributed by atoms with Crippen molar-refractivity contribution in [3.8, 4) is 0 Å². The van der Waals surface area contributed by atoms with E-state index in [9.17, 15) is 5.11 Å². The molecule has 2 heteroatoms. The maximum atomic E-state index is 9.88. The first-order valence-electron chi connectivity index (χ1n) is 6.61. The fraction of sp³-hybridized carbons (Fsp3) is 1.00. The zero-order valence-corrected chi connectivity index (χ0v) is 9.97. The molecule has 2 nitrogen and oxygen atoms in total. The average molecular weight is 211 g/mol. The molecule has 1 unspecified atom stereocenters. The lowest BCUT2D eigenvalue weighted by atomic mass is 9.77. The van der Waals surface area contributed by atoms with Gasteiger partial charge in [0.25, 0.3) is 0 Å². The van der Waals surface area contributed by atoms with E-state index >= 15 is 0 Å². The molecule has 0 spiro atoms. The molecule has 0 bridgehead atoms. The fourth-order valence-electron chi connectivity index (χ4n) is 3.06. The highest BCUT2D eigenvalue weighted by molar-refractivity contribution is 4.84. The van der Waals surface area contributed by atoms with Crippen LogP contribution in [0.2, 0.25) is 0 Å². The third-order valence-electron chi connectivity index (χ3n) is 4.21. The summed E-state index contributed by atoms with van der Waals surface area (Å²) in [7, 11) is 0. The smallest absolute Gasteiger partial charge is 0.0620 e. The molecule has 0 radical (unpaired) electrons. The van der Waals surface area contributed by atoms with Gasteiger partial charge in [0.15, 0.2) is 0 Å². The molecule has 0 aromatic heterocycles. The number of nitrogens with one attached hydrogen (secondary N) is 1. The minimum Gasteiger partial charge on any atom is -0.390 e. The van der Waals surface area contributed by atoms with Crippen molar-refractivity contribution in [1.82, 2.24) is 5.32 Å². The number of aliphatic hydroxyl groups is 1. The summed E-state index contributed by atoms with van der Waals surface area (Å²) in [6.07, 6.45) is 9.94. The average Bonchev–Trinajstić information content (AvgIpc) is 2.23. The first-order chi connectivity index (χ1) is 7.16. The van der Waals surface area contributed by atoms with Crippen LogP contribution in [-0.2, 0) is 0 Å². The molecule has 2 N–H and O–H groups in total. The molecule has 1 saturated heterocycles. The van der Waals surface area contributed by atoms with Gasteiger partial charge in [-0.1, -0.05) is 6.42 Å². The predicted molar refractivity (Wildman–Crippen MR) is 62.8 cm³/mol. The summed E-state index contributed by atoms with van der Waals surface area (Å²) < 4.78 is 0. The zero-order valence-electron chi connectivity index (χ0n) is 9.97. The van der Waals surface area contributed by atoms with Gasteiger partial charge in [-0.25, -0.2) is 0 Å². The van der Waals surface area contributed by atoms with Gasteiger partial charge in [-0.2, -0.15) is 0 Å². The van der Waals surface area contributed by atoms with E-state index < -0.39 is 0 Å². The SMILES string of the molecule is CC1(O)CCC(CC2CCCCN2)CC1. The van der Waals surface area contributed by atoms with E-state index in [1.54, 1.807) is 0 Å². The summed E-state index contributed by atoms with van der Waals surface area (Å²) in [5, 5.41) is 13.5. The minimum absolute atomic E-state index is 0.365. The van der Waals surface area contributed by atoms with Crippen molar-refractivity contribution in [2.24, 2.45) is 5.92 Å². The van der Waals surface area contributed by atoms with Crippen LogP contribution in [0, 0.1) is 5.92 Å². The van der Waals surface area contributed by atoms with Gasteiger partial charge in [0, 0.05) is 6.04 Å². The van der Waals surface area contributed by atoms with E-state index in [0.717, 1.165) is 24.8 Å². The van der Waals surface area contributed by atoms with E-state index in [1.807, 2.05) is 6.92 Å². The largest absolute Gasteiger partial charge is 0.390 e. The van der Waals surface area contributed by atoms with Crippen LogP contribution in [0.15, 0.2) is 0 Å². The van der Waals surface area contributed by atoms with E-state index in [2.05, 4.69) is 5.32 Å². The van der Waals surface area contributed by atoms with Gasteiger partial charge in [-0.15, -0.1) is 0 Å². The summed E-state index contributed by atoms with van der Waals surface area (Å²) >= 11 is 0. The highest BCUT2D eigenvalue weighted by atomic mass is 16.3. The molecule has 2 fully saturated rings. The Labute approximate surface area is 93.5 Å². The van der Waals surface area contributed by atoms with Crippen molar-refractivity contribution < 1.29 is 5.11 Å². The van der Waals surface area contributed by atoms with Crippen LogP contribution in [0.25, 0.3) is 0 Å². The lowest BCUT2D eigenvalue weighted by Gasteiger charge is -2.35. The molecule has 88 valence electrons. The quantitative estimate of drug-likeness (QED) is 0.735. The van der Waals surface area contributed by atoms with Crippen molar-refractivity contribution in [2.75, 3.05) is 6.54 Å². The first kappa shape index (κ1) is 11.4. The Kier molecular flexibility index (Phi) is 3.68. The van der Waals surface area contributed by atoms with Gasteiger partial charge in [0.05, 0.1) is 5.60 Å². The Hall–Kier alpha value is -0.0800. The molecule has 1 atom stereocenters. The second kappa shape index (κ2) is 4.84. The summed E-state index contributed by atoms with van der Waals surface area (Å²) in [4.78, 5) is 0. The molecule has 15 heavy (non-hydrogen) atoms. The third-order valence-corrected chi connectivity index (χ3v) is 4.21. The van der Waals surface area contributed by atoms with Crippen molar-refractivity contribution in [3.05, 3.63) is 0 Å². The van der Waals surface area contributed by atoms with Crippen LogP contribution in [0.5, 0.6) is 0 Å². The highest BCUT2D eigenvalue weighted by Gasteiger charge is 2.29. The second-order valence-corrected chi connectivity index (χ2v) is 5.82. The summed E-state index contributed by atoms with van der Waals surface area (Å²) in [6, 6.07) is 0.770. The monoisotopic (exact) mass is 211 g/mol. The highest BCUT2D eigenvalue weighted by Crippen LogP contribution is 2.34. The molecule has 1 aliphatic carbocycles. The summed E-state index contributed by atoms with van der Waals surface area (Å²) in [5.41, 5.74) is -0.365. The number of rotatable bonds is 2. The van der Waals surface area contributed by atoms with Gasteiger partial charge < -0.3 is 10.4 Å². The Balaban J connectivity index is 1.71. The van der Waals surface area contributed by atoms with E-state index in [0.29, 0.717) is 0 Å². The molecule has 0 aromatic rings. The standard InChI is InChI=1S/C13H25NO/c1-13(15)7-5-11(6-8-13)10-12-4-2-3-9-14-12/h11-12,14-15H,2-10H2,1H3. The molecule has 0 aromatic carbocycles. The second-order valence-electron chi connectivity index (χ2n) is 5.82. The molecule has 1 aliphatic heterocycles. The number of piperidine rings is 1. The fourth-order valence-corrected chi connectivity index (χ4v) is 3.06. The Morgan fingerprint density at radius 3 is 2.53 bits per heavy atom. The maximum absolute atomic E-state index is 9.88. The van der Waals surface area contributed by atoms with Crippen LogP contribution >= 0.6 is 0 Å². The van der Waals surface area contributed by atoms with Gasteiger partial charge in [0.2, 0.25) is 0 Å². The Morgan fingerprint density at radius 2 is 1.93 bits per heavy atom. The van der Waals surface area contributed by atoms with Gasteiger partial charge in [0.1, 0.15) is 0 Å². The summed E-state index contributed by atoms with van der Waals surface area (Å²) in [5.74, 6) is 0.862. The minimum atomic E-state index is -0.365. The first-order valence-corrected chi connectivity index (χ1v) is 6.61. The maximum Gasteiger partial charge on any atom is 0.0620 e. The van der Waals surface area contributed by atoms with Crippen LogP contribution in [-0.4, -0.2) is 23.3 Å². The number of hydrogen-bond donors (Lipinski definition) is 2. The topological polar surface area (TPSA) is 32.3 Å².